The number of likely N-dealkylation sites (tertiary alicyclic amines) is 1. The fourth-order valence-electron chi connectivity index (χ4n) is 2.45. The van der Waals surface area contributed by atoms with Gasteiger partial charge in [-0.25, -0.2) is 0 Å². The Labute approximate surface area is 119 Å². The molecule has 2 rings (SSSR count). The predicted octanol–water partition coefficient (Wildman–Crippen LogP) is 2.01. The van der Waals surface area contributed by atoms with Crippen LogP contribution in [0.15, 0.2) is 24.3 Å². The van der Waals surface area contributed by atoms with Gasteiger partial charge in [-0.1, -0.05) is 0 Å². The molecule has 0 radical (unpaired) electrons. The molecule has 0 amide bonds. The highest BCUT2D eigenvalue weighted by molar-refractivity contribution is 5.73. The van der Waals surface area contributed by atoms with Gasteiger partial charge in [-0.2, -0.15) is 0 Å². The molecule has 110 valence electrons. The number of aliphatic carboxylic acids is 1. The molecule has 0 spiro atoms. The van der Waals surface area contributed by atoms with Gasteiger partial charge in [-0.15, -0.1) is 0 Å². The molecule has 0 bridgehead atoms. The molecule has 1 N–H and O–H groups in total. The first-order valence-electron chi connectivity index (χ1n) is 7.03. The Bertz CT molecular complexity index is 432. The quantitative estimate of drug-likeness (QED) is 0.827. The van der Waals surface area contributed by atoms with Crippen molar-refractivity contribution in [3.05, 3.63) is 24.3 Å². The van der Waals surface area contributed by atoms with E-state index >= 15 is 0 Å². The molecule has 5 heteroatoms. The molecule has 1 aromatic rings. The fraction of sp³-hybridized carbons (Fsp3) is 0.533. The van der Waals surface area contributed by atoms with Crippen molar-refractivity contribution in [2.75, 3.05) is 26.3 Å². The van der Waals surface area contributed by atoms with Gasteiger partial charge >= 0.3 is 5.97 Å². The second kappa shape index (κ2) is 7.14. The molecule has 1 fully saturated rings. The maximum absolute atomic E-state index is 11.0. The van der Waals surface area contributed by atoms with E-state index in [9.17, 15) is 4.79 Å². The number of rotatable bonds is 7. The van der Waals surface area contributed by atoms with Crippen LogP contribution < -0.4 is 9.47 Å². The van der Waals surface area contributed by atoms with Crippen molar-refractivity contribution in [3.8, 4) is 11.5 Å². The standard InChI is InChI=1S/C15H21NO4/c1-2-19-12-5-7-13(8-6-12)20-11-10-16-9-3-4-14(16)15(17)18/h5-8,14H,2-4,9-11H2,1H3,(H,17,18)/t14-/m1/s1. The molecule has 0 aliphatic carbocycles. The van der Waals surface area contributed by atoms with E-state index in [4.69, 9.17) is 14.6 Å². The zero-order valence-corrected chi connectivity index (χ0v) is 11.7. The Balaban J connectivity index is 1.76. The molecule has 0 saturated carbocycles. The van der Waals surface area contributed by atoms with Crippen LogP contribution in [0.1, 0.15) is 19.8 Å². The molecule has 0 aromatic heterocycles. The number of benzene rings is 1. The van der Waals surface area contributed by atoms with E-state index in [-0.39, 0.29) is 6.04 Å². The van der Waals surface area contributed by atoms with Crippen molar-refractivity contribution in [2.24, 2.45) is 0 Å². The number of nitrogens with zero attached hydrogens (tertiary/aromatic N) is 1. The van der Waals surface area contributed by atoms with Crippen molar-refractivity contribution in [1.29, 1.82) is 0 Å². The van der Waals surface area contributed by atoms with E-state index in [0.717, 1.165) is 30.9 Å². The number of ether oxygens (including phenoxy) is 2. The average molecular weight is 279 g/mol. The highest BCUT2D eigenvalue weighted by Crippen LogP contribution is 2.19. The molecule has 5 nitrogen and oxygen atoms in total. The van der Waals surface area contributed by atoms with Gasteiger partial charge in [0.1, 0.15) is 24.1 Å². The van der Waals surface area contributed by atoms with Crippen LogP contribution in [-0.2, 0) is 4.79 Å². The summed E-state index contributed by atoms with van der Waals surface area (Å²) in [4.78, 5) is 13.0. The summed E-state index contributed by atoms with van der Waals surface area (Å²) in [7, 11) is 0. The molecule has 1 aromatic carbocycles. The first-order chi connectivity index (χ1) is 9.70. The summed E-state index contributed by atoms with van der Waals surface area (Å²) in [5.74, 6) is 0.869. The zero-order chi connectivity index (χ0) is 14.4. The highest BCUT2D eigenvalue weighted by atomic mass is 16.5. The van der Waals surface area contributed by atoms with Gasteiger partial charge in [0.15, 0.2) is 0 Å². The maximum Gasteiger partial charge on any atom is 0.320 e. The van der Waals surface area contributed by atoms with Crippen LogP contribution in [0.2, 0.25) is 0 Å². The average Bonchev–Trinajstić information content (AvgIpc) is 2.90. The van der Waals surface area contributed by atoms with Gasteiger partial charge in [0.25, 0.3) is 0 Å². The molecular weight excluding hydrogens is 258 g/mol. The third kappa shape index (κ3) is 3.87. The third-order valence-electron chi connectivity index (χ3n) is 3.43. The largest absolute Gasteiger partial charge is 0.494 e. The number of carboxylic acids is 1. The predicted molar refractivity (Wildman–Crippen MR) is 75.3 cm³/mol. The van der Waals surface area contributed by atoms with Crippen LogP contribution in [0.4, 0.5) is 0 Å². The fourth-order valence-corrected chi connectivity index (χ4v) is 2.45. The topological polar surface area (TPSA) is 59.0 Å². The minimum atomic E-state index is -0.733. The Kier molecular flexibility index (Phi) is 5.24. The summed E-state index contributed by atoms with van der Waals surface area (Å²) in [6, 6.07) is 7.12. The van der Waals surface area contributed by atoms with Crippen LogP contribution in [0.5, 0.6) is 11.5 Å². The summed E-state index contributed by atoms with van der Waals surface area (Å²) < 4.78 is 11.0. The van der Waals surface area contributed by atoms with Crippen LogP contribution in [-0.4, -0.2) is 48.3 Å². The number of hydrogen-bond donors (Lipinski definition) is 1. The Morgan fingerprint density at radius 1 is 1.30 bits per heavy atom. The van der Waals surface area contributed by atoms with Gasteiger partial charge in [0.2, 0.25) is 0 Å². The lowest BCUT2D eigenvalue weighted by Gasteiger charge is -2.20. The molecular formula is C15H21NO4. The highest BCUT2D eigenvalue weighted by Gasteiger charge is 2.29. The lowest BCUT2D eigenvalue weighted by atomic mass is 10.2. The minimum Gasteiger partial charge on any atom is -0.494 e. The van der Waals surface area contributed by atoms with Gasteiger partial charge in [0.05, 0.1) is 6.61 Å². The van der Waals surface area contributed by atoms with Crippen LogP contribution >= 0.6 is 0 Å². The molecule has 20 heavy (non-hydrogen) atoms. The van der Waals surface area contributed by atoms with Gasteiger partial charge in [-0.3, -0.25) is 9.69 Å². The monoisotopic (exact) mass is 279 g/mol. The Morgan fingerprint density at radius 3 is 2.55 bits per heavy atom. The van der Waals surface area contributed by atoms with E-state index < -0.39 is 5.97 Å². The van der Waals surface area contributed by atoms with Crippen molar-refractivity contribution in [2.45, 2.75) is 25.8 Å². The first-order valence-corrected chi connectivity index (χ1v) is 7.03. The number of hydrogen-bond acceptors (Lipinski definition) is 4. The summed E-state index contributed by atoms with van der Waals surface area (Å²) in [6.45, 7) is 4.57. The maximum atomic E-state index is 11.0. The number of carbonyl (C=O) groups is 1. The van der Waals surface area contributed by atoms with Crippen molar-refractivity contribution in [3.63, 3.8) is 0 Å². The molecule has 1 aliphatic rings. The molecule has 1 heterocycles. The van der Waals surface area contributed by atoms with Gasteiger partial charge in [-0.05, 0) is 50.6 Å². The van der Waals surface area contributed by atoms with E-state index in [0.29, 0.717) is 19.8 Å². The molecule has 0 unspecified atom stereocenters. The Hall–Kier alpha value is -1.75. The number of carboxylic acid groups (broad SMARTS) is 1. The van der Waals surface area contributed by atoms with Gasteiger partial charge < -0.3 is 14.6 Å². The minimum absolute atomic E-state index is 0.348. The second-order valence-corrected chi connectivity index (χ2v) is 4.79. The van der Waals surface area contributed by atoms with Crippen molar-refractivity contribution in [1.82, 2.24) is 4.90 Å². The van der Waals surface area contributed by atoms with E-state index in [2.05, 4.69) is 0 Å². The molecule has 1 saturated heterocycles. The second-order valence-electron chi connectivity index (χ2n) is 4.79. The molecule has 1 aliphatic heterocycles. The van der Waals surface area contributed by atoms with E-state index in [1.54, 1.807) is 0 Å². The smallest absolute Gasteiger partial charge is 0.320 e. The summed E-state index contributed by atoms with van der Waals surface area (Å²) in [5, 5.41) is 9.08. The zero-order valence-electron chi connectivity index (χ0n) is 11.7. The summed E-state index contributed by atoms with van der Waals surface area (Å²) >= 11 is 0. The first kappa shape index (κ1) is 14.7. The van der Waals surface area contributed by atoms with E-state index in [1.807, 2.05) is 36.1 Å². The molecule has 1 atom stereocenters. The third-order valence-corrected chi connectivity index (χ3v) is 3.43. The lowest BCUT2D eigenvalue weighted by Crippen LogP contribution is -2.38. The van der Waals surface area contributed by atoms with Crippen LogP contribution in [0.3, 0.4) is 0 Å². The summed E-state index contributed by atoms with van der Waals surface area (Å²) in [6.07, 6.45) is 1.68. The Morgan fingerprint density at radius 2 is 1.95 bits per heavy atom. The normalized spacial score (nSPS) is 18.9. The van der Waals surface area contributed by atoms with Crippen molar-refractivity contribution >= 4 is 5.97 Å². The van der Waals surface area contributed by atoms with Gasteiger partial charge in [0, 0.05) is 6.54 Å². The summed E-state index contributed by atoms with van der Waals surface area (Å²) in [5.41, 5.74) is 0. The van der Waals surface area contributed by atoms with Crippen LogP contribution in [0, 0.1) is 0 Å². The SMILES string of the molecule is CCOc1ccc(OCCN2CCC[C@@H]2C(=O)O)cc1. The van der Waals surface area contributed by atoms with E-state index in [1.165, 1.54) is 0 Å². The lowest BCUT2D eigenvalue weighted by molar-refractivity contribution is -0.142. The van der Waals surface area contributed by atoms with Crippen LogP contribution in [0.25, 0.3) is 0 Å². The van der Waals surface area contributed by atoms with Crippen molar-refractivity contribution < 1.29 is 19.4 Å².